The highest BCUT2D eigenvalue weighted by Crippen LogP contribution is 2.41. The molecule has 0 amide bonds. The van der Waals surface area contributed by atoms with Crippen molar-refractivity contribution in [3.05, 3.63) is 12.7 Å². The van der Waals surface area contributed by atoms with Crippen molar-refractivity contribution in [3.8, 4) is 0 Å². The third-order valence-electron chi connectivity index (χ3n) is 3.37. The van der Waals surface area contributed by atoms with Gasteiger partial charge in [0.25, 0.3) is 0 Å². The quantitative estimate of drug-likeness (QED) is 0.525. The topological polar surface area (TPSA) is 12.0 Å². The zero-order valence-electron chi connectivity index (χ0n) is 10.1. The molecule has 0 radical (unpaired) electrons. The van der Waals surface area contributed by atoms with Gasteiger partial charge in [-0.1, -0.05) is 40.2 Å². The molecule has 0 bridgehead atoms. The first-order valence-corrected chi connectivity index (χ1v) is 6.18. The fraction of sp³-hybridized carbons (Fsp3) is 0.818. The first-order valence-electron chi connectivity index (χ1n) is 5.18. The van der Waals surface area contributed by atoms with Gasteiger partial charge in [0.2, 0.25) is 0 Å². The Morgan fingerprint density at radius 1 is 1.54 bits per heavy atom. The van der Waals surface area contributed by atoms with Gasteiger partial charge in [-0.25, -0.2) is 0 Å². The highest BCUT2D eigenvalue weighted by atomic mass is 28.1. The Kier molecular flexibility index (Phi) is 4.40. The average molecular weight is 199 g/mol. The lowest BCUT2D eigenvalue weighted by Crippen LogP contribution is -2.54. The molecule has 0 aromatic carbocycles. The maximum atomic E-state index is 4.00. The molecule has 0 rings (SSSR count). The summed E-state index contributed by atoms with van der Waals surface area (Å²) in [6.45, 7) is 13.2. The Bertz CT molecular complexity index is 171. The average Bonchev–Trinajstić information content (AvgIpc) is 2.04. The molecule has 2 atom stereocenters. The van der Waals surface area contributed by atoms with Crippen molar-refractivity contribution < 1.29 is 0 Å². The predicted molar refractivity (Wildman–Crippen MR) is 65.4 cm³/mol. The predicted octanol–water partition coefficient (Wildman–Crippen LogP) is 1.74. The Morgan fingerprint density at radius 2 is 2.00 bits per heavy atom. The summed E-state index contributed by atoms with van der Waals surface area (Å²) < 4.78 is 0. The Hall–Kier alpha value is -0.0831. The van der Waals surface area contributed by atoms with Crippen molar-refractivity contribution in [2.24, 2.45) is 5.92 Å². The molecule has 1 nitrogen and oxygen atoms in total. The van der Waals surface area contributed by atoms with E-state index in [4.69, 9.17) is 0 Å². The molecule has 0 aromatic heterocycles. The fourth-order valence-electron chi connectivity index (χ4n) is 2.29. The minimum absolute atomic E-state index is 0.105. The number of hydrogen-bond acceptors (Lipinski definition) is 1. The van der Waals surface area contributed by atoms with Crippen LogP contribution in [0.2, 0.25) is 5.04 Å². The van der Waals surface area contributed by atoms with E-state index < -0.39 is 0 Å². The van der Waals surface area contributed by atoms with Crippen LogP contribution in [0.1, 0.15) is 34.1 Å². The molecule has 0 aromatic rings. The summed E-state index contributed by atoms with van der Waals surface area (Å²) in [4.78, 5) is 0. The van der Waals surface area contributed by atoms with Crippen molar-refractivity contribution in [2.75, 3.05) is 7.05 Å². The van der Waals surface area contributed by atoms with Gasteiger partial charge in [-0.05, 0) is 18.0 Å². The molecule has 0 spiro atoms. The van der Waals surface area contributed by atoms with Crippen molar-refractivity contribution >= 4 is 10.2 Å². The van der Waals surface area contributed by atoms with Gasteiger partial charge in [-0.15, -0.1) is 6.58 Å². The molecule has 0 saturated carbocycles. The van der Waals surface area contributed by atoms with Gasteiger partial charge in [-0.2, -0.15) is 0 Å². The maximum Gasteiger partial charge on any atom is 0.0403 e. The van der Waals surface area contributed by atoms with E-state index in [9.17, 15) is 0 Å². The van der Waals surface area contributed by atoms with Gasteiger partial charge in [0, 0.05) is 15.8 Å². The summed E-state index contributed by atoms with van der Waals surface area (Å²) >= 11 is 0. The molecule has 0 aliphatic rings. The minimum atomic E-state index is 0.105. The minimum Gasteiger partial charge on any atom is -0.311 e. The normalized spacial score (nSPS) is 19.5. The van der Waals surface area contributed by atoms with E-state index in [1.54, 1.807) is 0 Å². The number of rotatable bonds is 5. The third kappa shape index (κ3) is 2.23. The summed E-state index contributed by atoms with van der Waals surface area (Å²) in [7, 11) is 3.22. The van der Waals surface area contributed by atoms with E-state index in [2.05, 4.69) is 45.7 Å². The van der Waals surface area contributed by atoms with E-state index in [0.717, 1.165) is 0 Å². The molecule has 0 aliphatic heterocycles. The highest BCUT2D eigenvalue weighted by molar-refractivity contribution is 6.16. The smallest absolute Gasteiger partial charge is 0.0403 e. The van der Waals surface area contributed by atoms with Crippen LogP contribution in [0.5, 0.6) is 0 Å². The molecule has 1 N–H and O–H groups in total. The van der Waals surface area contributed by atoms with E-state index in [-0.39, 0.29) is 5.54 Å². The first kappa shape index (κ1) is 12.9. The number of nitrogens with one attached hydrogen (secondary N) is 1. The van der Waals surface area contributed by atoms with Crippen LogP contribution in [-0.4, -0.2) is 22.8 Å². The summed E-state index contributed by atoms with van der Waals surface area (Å²) in [6, 6.07) is 0. The lowest BCUT2D eigenvalue weighted by Gasteiger charge is -2.47. The monoisotopic (exact) mass is 199 g/mol. The molecule has 0 saturated heterocycles. The molecule has 0 aliphatic carbocycles. The molecule has 0 fully saturated rings. The van der Waals surface area contributed by atoms with Gasteiger partial charge < -0.3 is 5.32 Å². The second-order valence-corrected chi connectivity index (χ2v) is 7.38. The van der Waals surface area contributed by atoms with Crippen LogP contribution >= 0.6 is 0 Å². The first-order chi connectivity index (χ1) is 5.85. The van der Waals surface area contributed by atoms with E-state index in [0.29, 0.717) is 11.0 Å². The zero-order chi connectivity index (χ0) is 10.7. The second-order valence-electron chi connectivity index (χ2n) is 4.88. The maximum absolute atomic E-state index is 4.00. The summed E-state index contributed by atoms with van der Waals surface area (Å²) in [5.74, 6) is 0.641. The van der Waals surface area contributed by atoms with Crippen molar-refractivity contribution in [1.29, 1.82) is 0 Å². The van der Waals surface area contributed by atoms with Crippen LogP contribution in [0.15, 0.2) is 12.7 Å². The van der Waals surface area contributed by atoms with Crippen molar-refractivity contribution in [2.45, 2.75) is 44.7 Å². The highest BCUT2D eigenvalue weighted by Gasteiger charge is 2.41. The van der Waals surface area contributed by atoms with E-state index in [1.165, 1.54) is 16.7 Å². The summed E-state index contributed by atoms with van der Waals surface area (Å²) in [5.41, 5.74) is 0.105. The van der Waals surface area contributed by atoms with Crippen LogP contribution in [0.4, 0.5) is 0 Å². The summed E-state index contributed by atoms with van der Waals surface area (Å²) in [5, 5.41) is 3.82. The fourth-order valence-corrected chi connectivity index (χ4v) is 3.24. The van der Waals surface area contributed by atoms with Crippen molar-refractivity contribution in [3.63, 3.8) is 0 Å². The van der Waals surface area contributed by atoms with E-state index >= 15 is 0 Å². The molecule has 2 unspecified atom stereocenters. The molecule has 2 heteroatoms. The van der Waals surface area contributed by atoms with Crippen LogP contribution in [0.25, 0.3) is 0 Å². The Balaban J connectivity index is 5.03. The Morgan fingerprint density at radius 3 is 2.08 bits per heavy atom. The lowest BCUT2D eigenvalue weighted by atomic mass is 9.74. The lowest BCUT2D eigenvalue weighted by molar-refractivity contribution is 0.232. The van der Waals surface area contributed by atoms with Gasteiger partial charge in [-0.3, -0.25) is 0 Å². The third-order valence-corrected chi connectivity index (χ3v) is 4.19. The number of likely N-dealkylation sites (N-methyl/N-ethyl adjacent to an activating group) is 1. The van der Waals surface area contributed by atoms with Crippen molar-refractivity contribution in [1.82, 2.24) is 5.32 Å². The summed E-state index contributed by atoms with van der Waals surface area (Å²) in [6.07, 6.45) is 3.30. The zero-order valence-corrected chi connectivity index (χ0v) is 12.1. The van der Waals surface area contributed by atoms with Gasteiger partial charge in [0.1, 0.15) is 0 Å². The largest absolute Gasteiger partial charge is 0.311 e. The number of hydrogen-bond donors (Lipinski definition) is 1. The Labute approximate surface area is 86.4 Å². The van der Waals surface area contributed by atoms with Gasteiger partial charge >= 0.3 is 0 Å². The molecular formula is C11H25NSi. The van der Waals surface area contributed by atoms with Crippen LogP contribution in [0.3, 0.4) is 0 Å². The van der Waals surface area contributed by atoms with Crippen LogP contribution in [-0.2, 0) is 0 Å². The second kappa shape index (κ2) is 4.42. The van der Waals surface area contributed by atoms with Gasteiger partial charge in [0.15, 0.2) is 0 Å². The standard InChI is InChI=1S/C11H25NSi/c1-7-9(3)11(8-2,12-6)10(4,5)13/h8-9,12H,2,7H2,1,3-6,13H3. The molecular weight excluding hydrogens is 174 g/mol. The molecule has 13 heavy (non-hydrogen) atoms. The van der Waals surface area contributed by atoms with Crippen LogP contribution < -0.4 is 5.32 Å². The van der Waals surface area contributed by atoms with Crippen LogP contribution in [0, 0.1) is 5.92 Å². The SMILES string of the molecule is C=CC(NC)(C(C)CC)C(C)(C)[SiH3]. The van der Waals surface area contributed by atoms with Gasteiger partial charge in [0.05, 0.1) is 0 Å². The van der Waals surface area contributed by atoms with E-state index in [1.807, 2.05) is 7.05 Å². The molecule has 78 valence electrons. The molecule has 0 heterocycles.